The van der Waals surface area contributed by atoms with E-state index < -0.39 is 15.9 Å². The van der Waals surface area contributed by atoms with E-state index in [-0.39, 0.29) is 24.6 Å². The van der Waals surface area contributed by atoms with Crippen LogP contribution in [-0.2, 0) is 14.8 Å². The van der Waals surface area contributed by atoms with Gasteiger partial charge in [-0.05, 0) is 55.0 Å². The van der Waals surface area contributed by atoms with Crippen LogP contribution in [0.15, 0.2) is 83.8 Å². The Labute approximate surface area is 187 Å². The minimum atomic E-state index is -3.94. The van der Waals surface area contributed by atoms with Crippen molar-refractivity contribution in [1.82, 2.24) is 5.32 Å². The molecule has 3 rings (SSSR count). The highest BCUT2D eigenvalue weighted by molar-refractivity contribution is 7.92. The van der Waals surface area contributed by atoms with Crippen molar-refractivity contribution < 1.29 is 17.9 Å². The van der Waals surface area contributed by atoms with Crippen LogP contribution in [0.25, 0.3) is 0 Å². The molecule has 162 valence electrons. The molecule has 1 amide bonds. The molecule has 1 N–H and O–H groups in total. The number of para-hydroxylation sites is 1. The molecule has 0 unspecified atom stereocenters. The van der Waals surface area contributed by atoms with E-state index in [0.29, 0.717) is 10.7 Å². The monoisotopic (exact) mass is 458 g/mol. The Balaban J connectivity index is 1.69. The van der Waals surface area contributed by atoms with E-state index in [1.165, 1.54) is 12.1 Å². The number of hydrogen-bond donors (Lipinski definition) is 1. The molecule has 0 radical (unpaired) electrons. The number of sulfonamides is 1. The zero-order valence-electron chi connectivity index (χ0n) is 17.0. The maximum absolute atomic E-state index is 13.2. The van der Waals surface area contributed by atoms with Crippen molar-refractivity contribution in [3.63, 3.8) is 0 Å². The van der Waals surface area contributed by atoms with Crippen LogP contribution >= 0.6 is 11.6 Å². The molecule has 0 aliphatic heterocycles. The van der Waals surface area contributed by atoms with Gasteiger partial charge in [-0.1, -0.05) is 48.0 Å². The first-order valence-electron chi connectivity index (χ1n) is 9.66. The second-order valence-electron chi connectivity index (χ2n) is 6.77. The second kappa shape index (κ2) is 10.3. The molecule has 6 nitrogen and oxygen atoms in total. The number of nitrogens with one attached hydrogen (secondary N) is 1. The van der Waals surface area contributed by atoms with Crippen LogP contribution in [0, 0.1) is 6.92 Å². The fourth-order valence-corrected chi connectivity index (χ4v) is 4.47. The van der Waals surface area contributed by atoms with E-state index >= 15 is 0 Å². The Bertz CT molecular complexity index is 1120. The summed E-state index contributed by atoms with van der Waals surface area (Å²) < 4.78 is 33.1. The molecule has 0 fully saturated rings. The number of halogens is 1. The topological polar surface area (TPSA) is 75.7 Å². The minimum Gasteiger partial charge on any atom is -0.491 e. The van der Waals surface area contributed by atoms with Crippen LogP contribution in [0.2, 0.25) is 5.02 Å². The highest BCUT2D eigenvalue weighted by Crippen LogP contribution is 2.25. The average molecular weight is 459 g/mol. The zero-order valence-corrected chi connectivity index (χ0v) is 18.6. The van der Waals surface area contributed by atoms with Gasteiger partial charge in [0, 0.05) is 5.02 Å². The number of rotatable bonds is 9. The van der Waals surface area contributed by atoms with Gasteiger partial charge in [-0.15, -0.1) is 0 Å². The molecule has 0 atom stereocenters. The van der Waals surface area contributed by atoms with Crippen LogP contribution in [0.4, 0.5) is 5.69 Å². The number of amides is 1. The summed E-state index contributed by atoms with van der Waals surface area (Å²) in [5.41, 5.74) is 1.34. The van der Waals surface area contributed by atoms with Crippen molar-refractivity contribution in [2.75, 3.05) is 24.0 Å². The molecule has 8 heteroatoms. The molecule has 0 aliphatic rings. The highest BCUT2D eigenvalue weighted by atomic mass is 35.5. The van der Waals surface area contributed by atoms with Gasteiger partial charge in [0.25, 0.3) is 10.0 Å². The third kappa shape index (κ3) is 5.99. The van der Waals surface area contributed by atoms with E-state index in [0.717, 1.165) is 15.6 Å². The number of aryl methyl sites for hydroxylation is 1. The Morgan fingerprint density at radius 2 is 1.61 bits per heavy atom. The van der Waals surface area contributed by atoms with Gasteiger partial charge in [-0.25, -0.2) is 8.42 Å². The summed E-state index contributed by atoms with van der Waals surface area (Å²) in [7, 11) is -3.94. The summed E-state index contributed by atoms with van der Waals surface area (Å²) in [6.45, 7) is 2.07. The molecule has 0 spiro atoms. The van der Waals surface area contributed by atoms with E-state index in [1.54, 1.807) is 42.5 Å². The number of carbonyl (C=O) groups excluding carboxylic acids is 1. The quantitative estimate of drug-likeness (QED) is 0.491. The van der Waals surface area contributed by atoms with E-state index in [1.807, 2.05) is 31.2 Å². The van der Waals surface area contributed by atoms with Crippen molar-refractivity contribution in [3.05, 3.63) is 89.4 Å². The number of nitrogens with zero attached hydrogens (tertiary/aromatic N) is 1. The molecule has 0 saturated carbocycles. The predicted molar refractivity (Wildman–Crippen MR) is 122 cm³/mol. The van der Waals surface area contributed by atoms with Crippen molar-refractivity contribution in [2.24, 2.45) is 0 Å². The predicted octanol–water partition coefficient (Wildman–Crippen LogP) is 4.04. The van der Waals surface area contributed by atoms with Crippen LogP contribution in [0.5, 0.6) is 5.75 Å². The molecule has 3 aromatic rings. The van der Waals surface area contributed by atoms with Crippen molar-refractivity contribution >= 4 is 33.2 Å². The second-order valence-corrected chi connectivity index (χ2v) is 9.06. The summed E-state index contributed by atoms with van der Waals surface area (Å²) in [6, 6.07) is 21.9. The zero-order chi connectivity index (χ0) is 22.3. The molecule has 0 saturated heterocycles. The summed E-state index contributed by atoms with van der Waals surface area (Å²) in [6.07, 6.45) is 0. The fraction of sp³-hybridized carbons (Fsp3) is 0.174. The van der Waals surface area contributed by atoms with E-state index in [4.69, 9.17) is 16.3 Å². The maximum Gasteiger partial charge on any atom is 0.264 e. The minimum absolute atomic E-state index is 0.0978. The molecular formula is C23H23ClN2O4S. The maximum atomic E-state index is 13.2. The van der Waals surface area contributed by atoms with Gasteiger partial charge in [0.1, 0.15) is 18.9 Å². The Kier molecular flexibility index (Phi) is 7.55. The molecule has 0 aliphatic carbocycles. The first-order valence-corrected chi connectivity index (χ1v) is 11.5. The average Bonchev–Trinajstić information content (AvgIpc) is 2.77. The van der Waals surface area contributed by atoms with Crippen LogP contribution < -0.4 is 14.4 Å². The normalized spacial score (nSPS) is 11.0. The molecule has 0 heterocycles. The third-order valence-corrected chi connectivity index (χ3v) is 6.55. The lowest BCUT2D eigenvalue weighted by Gasteiger charge is -2.24. The van der Waals surface area contributed by atoms with Gasteiger partial charge in [-0.2, -0.15) is 0 Å². The van der Waals surface area contributed by atoms with Crippen LogP contribution in [0.1, 0.15) is 5.56 Å². The Hall–Kier alpha value is -3.03. The fourth-order valence-electron chi connectivity index (χ4n) is 2.90. The molecule has 0 aromatic heterocycles. The molecule has 31 heavy (non-hydrogen) atoms. The smallest absolute Gasteiger partial charge is 0.264 e. The van der Waals surface area contributed by atoms with Crippen LogP contribution in [-0.4, -0.2) is 34.0 Å². The SMILES string of the molecule is Cc1ccccc1OCCNC(=O)CN(c1ccc(Cl)cc1)S(=O)(=O)c1ccccc1. The number of ether oxygens (including phenoxy) is 1. The van der Waals surface area contributed by atoms with Crippen molar-refractivity contribution in [1.29, 1.82) is 0 Å². The Morgan fingerprint density at radius 3 is 2.29 bits per heavy atom. The summed E-state index contributed by atoms with van der Waals surface area (Å²) in [5, 5.41) is 3.18. The molecule has 3 aromatic carbocycles. The summed E-state index contributed by atoms with van der Waals surface area (Å²) in [5.74, 6) is 0.300. The van der Waals surface area contributed by atoms with E-state index in [2.05, 4.69) is 5.32 Å². The van der Waals surface area contributed by atoms with Crippen molar-refractivity contribution in [3.8, 4) is 5.75 Å². The van der Waals surface area contributed by atoms with Gasteiger partial charge in [0.15, 0.2) is 0 Å². The van der Waals surface area contributed by atoms with Gasteiger partial charge in [-0.3, -0.25) is 9.10 Å². The van der Waals surface area contributed by atoms with Gasteiger partial charge in [0.2, 0.25) is 5.91 Å². The first kappa shape index (κ1) is 22.7. The number of benzene rings is 3. The highest BCUT2D eigenvalue weighted by Gasteiger charge is 2.27. The van der Waals surface area contributed by atoms with Crippen molar-refractivity contribution in [2.45, 2.75) is 11.8 Å². The first-order chi connectivity index (χ1) is 14.9. The third-order valence-electron chi connectivity index (χ3n) is 4.51. The standard InChI is InChI=1S/C23H23ClN2O4S/c1-18-7-5-6-10-22(18)30-16-15-25-23(27)17-26(20-13-11-19(24)12-14-20)31(28,29)21-8-3-2-4-9-21/h2-14H,15-17H2,1H3,(H,25,27). The van der Waals surface area contributed by atoms with Gasteiger partial charge >= 0.3 is 0 Å². The Morgan fingerprint density at radius 1 is 0.968 bits per heavy atom. The summed E-state index contributed by atoms with van der Waals surface area (Å²) in [4.78, 5) is 12.6. The van der Waals surface area contributed by atoms with Gasteiger partial charge < -0.3 is 10.1 Å². The largest absolute Gasteiger partial charge is 0.491 e. The lowest BCUT2D eigenvalue weighted by atomic mass is 10.2. The summed E-state index contributed by atoms with van der Waals surface area (Å²) >= 11 is 5.94. The van der Waals surface area contributed by atoms with Gasteiger partial charge in [0.05, 0.1) is 17.1 Å². The lowest BCUT2D eigenvalue weighted by Crippen LogP contribution is -2.41. The lowest BCUT2D eigenvalue weighted by molar-refractivity contribution is -0.119. The number of carbonyl (C=O) groups is 1. The van der Waals surface area contributed by atoms with E-state index in [9.17, 15) is 13.2 Å². The number of anilines is 1. The number of hydrogen-bond acceptors (Lipinski definition) is 4. The molecule has 0 bridgehead atoms. The van der Waals surface area contributed by atoms with Crippen LogP contribution in [0.3, 0.4) is 0 Å². The molecular weight excluding hydrogens is 436 g/mol.